The molecule has 0 heterocycles. The highest BCUT2D eigenvalue weighted by Gasteiger charge is 2.01. The van der Waals surface area contributed by atoms with Gasteiger partial charge in [-0.3, -0.25) is 0 Å². The molecule has 18 heavy (non-hydrogen) atoms. The van der Waals surface area contributed by atoms with Crippen molar-refractivity contribution in [1.29, 1.82) is 0 Å². The molecule has 0 aromatic heterocycles. The average Bonchev–Trinajstić information content (AvgIpc) is 2.39. The molecule has 2 aromatic rings. The van der Waals surface area contributed by atoms with Crippen molar-refractivity contribution in [3.8, 4) is 11.5 Å². The Labute approximate surface area is 106 Å². The van der Waals surface area contributed by atoms with Gasteiger partial charge in [0, 0.05) is 6.07 Å². The molecule has 0 radical (unpaired) electrons. The molecule has 0 aliphatic rings. The summed E-state index contributed by atoms with van der Waals surface area (Å²) in [5.74, 6) is 0.224. The Balaban J connectivity index is 0.000000771. The maximum Gasteiger partial charge on any atom is 0.130 e. The molecule has 3 heteroatoms. The number of ether oxygens (including phenoxy) is 1. The van der Waals surface area contributed by atoms with Crippen molar-refractivity contribution in [2.45, 2.75) is 20.8 Å². The quantitative estimate of drug-likeness (QED) is 0.721. The molecule has 96 valence electrons. The van der Waals surface area contributed by atoms with E-state index in [4.69, 9.17) is 4.74 Å². The third kappa shape index (κ3) is 3.84. The average molecular weight is 250 g/mol. The van der Waals surface area contributed by atoms with Crippen LogP contribution >= 0.6 is 0 Å². The van der Waals surface area contributed by atoms with Crippen LogP contribution in [0.4, 0.5) is 8.78 Å². The van der Waals surface area contributed by atoms with Crippen LogP contribution in [0.1, 0.15) is 19.4 Å². The molecule has 0 fully saturated rings. The van der Waals surface area contributed by atoms with Crippen LogP contribution in [0.2, 0.25) is 0 Å². The molecule has 0 aliphatic carbocycles. The van der Waals surface area contributed by atoms with Gasteiger partial charge in [-0.25, -0.2) is 8.78 Å². The first-order valence-corrected chi connectivity index (χ1v) is 5.85. The Bertz CT molecular complexity index is 492. The predicted molar refractivity (Wildman–Crippen MR) is 69.0 cm³/mol. The van der Waals surface area contributed by atoms with Gasteiger partial charge in [-0.1, -0.05) is 19.9 Å². The lowest BCUT2D eigenvalue weighted by molar-refractivity contribution is 0.474. The van der Waals surface area contributed by atoms with Gasteiger partial charge in [0.2, 0.25) is 0 Å². The number of rotatable bonds is 2. The van der Waals surface area contributed by atoms with Crippen molar-refractivity contribution in [1.82, 2.24) is 0 Å². The van der Waals surface area contributed by atoms with Gasteiger partial charge < -0.3 is 4.74 Å². The fourth-order valence-corrected chi connectivity index (χ4v) is 1.28. The Morgan fingerprint density at radius 3 is 1.94 bits per heavy atom. The zero-order valence-electron chi connectivity index (χ0n) is 10.7. The monoisotopic (exact) mass is 250 g/mol. The molecular formula is C15H16F2O. The standard InChI is InChI=1S/C13H10F2O.C2H6/c1-9-2-5-12(8-13(9)15)16-11-6-3-10(14)4-7-11;1-2/h2-8H,1H3;1-2H3. The smallest absolute Gasteiger partial charge is 0.130 e. The summed E-state index contributed by atoms with van der Waals surface area (Å²) in [5, 5.41) is 0. The summed E-state index contributed by atoms with van der Waals surface area (Å²) >= 11 is 0. The third-order valence-corrected chi connectivity index (χ3v) is 2.19. The van der Waals surface area contributed by atoms with Crippen molar-refractivity contribution < 1.29 is 13.5 Å². The van der Waals surface area contributed by atoms with Crippen molar-refractivity contribution in [3.63, 3.8) is 0 Å². The normalized spacial score (nSPS) is 9.39. The summed E-state index contributed by atoms with van der Waals surface area (Å²) in [6.45, 7) is 5.68. The maximum atomic E-state index is 13.2. The largest absolute Gasteiger partial charge is 0.457 e. The van der Waals surface area contributed by atoms with E-state index in [0.717, 1.165) is 0 Å². The molecular weight excluding hydrogens is 234 g/mol. The summed E-state index contributed by atoms with van der Waals surface area (Å²) in [5.41, 5.74) is 0.562. The van der Waals surface area contributed by atoms with Gasteiger partial charge in [0.05, 0.1) is 0 Å². The van der Waals surface area contributed by atoms with Gasteiger partial charge in [0.1, 0.15) is 23.1 Å². The van der Waals surface area contributed by atoms with Gasteiger partial charge in [0.25, 0.3) is 0 Å². The zero-order chi connectivity index (χ0) is 13.5. The minimum Gasteiger partial charge on any atom is -0.457 e. The van der Waals surface area contributed by atoms with Crippen LogP contribution in [0.15, 0.2) is 42.5 Å². The lowest BCUT2D eigenvalue weighted by atomic mass is 10.2. The second-order valence-electron chi connectivity index (χ2n) is 3.47. The highest BCUT2D eigenvalue weighted by Crippen LogP contribution is 2.23. The number of aryl methyl sites for hydroxylation is 1. The number of benzene rings is 2. The first-order chi connectivity index (χ1) is 8.65. The van der Waals surface area contributed by atoms with E-state index < -0.39 is 0 Å². The van der Waals surface area contributed by atoms with E-state index in [2.05, 4.69) is 0 Å². The molecule has 0 bridgehead atoms. The molecule has 0 atom stereocenters. The second kappa shape index (κ2) is 6.74. The van der Waals surface area contributed by atoms with Crippen LogP contribution in [-0.4, -0.2) is 0 Å². The molecule has 2 rings (SSSR count). The molecule has 0 aliphatic heterocycles. The number of hydrogen-bond donors (Lipinski definition) is 0. The molecule has 0 saturated heterocycles. The SMILES string of the molecule is CC.Cc1ccc(Oc2ccc(F)cc2)cc1F. The van der Waals surface area contributed by atoms with Crippen molar-refractivity contribution >= 4 is 0 Å². The lowest BCUT2D eigenvalue weighted by Crippen LogP contribution is -1.87. The maximum absolute atomic E-state index is 13.2. The topological polar surface area (TPSA) is 9.23 Å². The van der Waals surface area contributed by atoms with E-state index in [1.165, 1.54) is 30.3 Å². The first-order valence-electron chi connectivity index (χ1n) is 5.85. The van der Waals surface area contributed by atoms with Crippen LogP contribution in [0.5, 0.6) is 11.5 Å². The summed E-state index contributed by atoms with van der Waals surface area (Å²) in [6.07, 6.45) is 0. The van der Waals surface area contributed by atoms with Crippen molar-refractivity contribution in [2.24, 2.45) is 0 Å². The van der Waals surface area contributed by atoms with Crippen LogP contribution < -0.4 is 4.74 Å². The van der Waals surface area contributed by atoms with Crippen LogP contribution in [0.3, 0.4) is 0 Å². The van der Waals surface area contributed by atoms with E-state index in [-0.39, 0.29) is 11.6 Å². The molecule has 0 saturated carbocycles. The summed E-state index contributed by atoms with van der Waals surface area (Å²) < 4.78 is 31.2. The molecule has 0 unspecified atom stereocenters. The van der Waals surface area contributed by atoms with E-state index >= 15 is 0 Å². The summed E-state index contributed by atoms with van der Waals surface area (Å²) in [7, 11) is 0. The molecule has 2 aromatic carbocycles. The van der Waals surface area contributed by atoms with E-state index in [0.29, 0.717) is 17.1 Å². The first kappa shape index (κ1) is 14.2. The van der Waals surface area contributed by atoms with Crippen molar-refractivity contribution in [3.05, 3.63) is 59.7 Å². The Morgan fingerprint density at radius 1 is 0.833 bits per heavy atom. The number of hydrogen-bond acceptors (Lipinski definition) is 1. The predicted octanol–water partition coefficient (Wildman–Crippen LogP) is 5.09. The fourth-order valence-electron chi connectivity index (χ4n) is 1.28. The van der Waals surface area contributed by atoms with Crippen LogP contribution in [0, 0.1) is 18.6 Å². The molecule has 1 nitrogen and oxygen atoms in total. The van der Waals surface area contributed by atoms with Crippen molar-refractivity contribution in [2.75, 3.05) is 0 Å². The third-order valence-electron chi connectivity index (χ3n) is 2.19. The molecule has 0 spiro atoms. The van der Waals surface area contributed by atoms with E-state index in [1.54, 1.807) is 19.1 Å². The molecule has 0 amide bonds. The van der Waals surface area contributed by atoms with Crippen LogP contribution in [0.25, 0.3) is 0 Å². The highest BCUT2D eigenvalue weighted by molar-refractivity contribution is 5.33. The zero-order valence-corrected chi connectivity index (χ0v) is 10.7. The molecule has 0 N–H and O–H groups in total. The Hall–Kier alpha value is -1.90. The summed E-state index contributed by atoms with van der Waals surface area (Å²) in [4.78, 5) is 0. The minimum atomic E-state index is -0.331. The fraction of sp³-hybridized carbons (Fsp3) is 0.200. The Kier molecular flexibility index (Phi) is 5.31. The van der Waals surface area contributed by atoms with Gasteiger partial charge in [-0.05, 0) is 42.8 Å². The van der Waals surface area contributed by atoms with Gasteiger partial charge in [0.15, 0.2) is 0 Å². The van der Waals surface area contributed by atoms with Gasteiger partial charge >= 0.3 is 0 Å². The van der Waals surface area contributed by atoms with Gasteiger partial charge in [-0.2, -0.15) is 0 Å². The van der Waals surface area contributed by atoms with E-state index in [9.17, 15) is 8.78 Å². The highest BCUT2D eigenvalue weighted by atomic mass is 19.1. The lowest BCUT2D eigenvalue weighted by Gasteiger charge is -2.06. The van der Waals surface area contributed by atoms with Crippen LogP contribution in [-0.2, 0) is 0 Å². The number of halogens is 2. The van der Waals surface area contributed by atoms with E-state index in [1.807, 2.05) is 13.8 Å². The minimum absolute atomic E-state index is 0.320. The van der Waals surface area contributed by atoms with Gasteiger partial charge in [-0.15, -0.1) is 0 Å². The Morgan fingerprint density at radius 2 is 1.39 bits per heavy atom. The summed E-state index contributed by atoms with van der Waals surface area (Å²) in [6, 6.07) is 10.2. The second-order valence-corrected chi connectivity index (χ2v) is 3.47.